The number of carbonyl (C=O) groups is 1. The first-order valence-corrected chi connectivity index (χ1v) is 5.50. The van der Waals surface area contributed by atoms with Crippen LogP contribution in [-0.2, 0) is 4.74 Å². The first-order chi connectivity index (χ1) is 7.65. The maximum atomic E-state index is 11.9. The van der Waals surface area contributed by atoms with E-state index in [0.29, 0.717) is 18.1 Å². The van der Waals surface area contributed by atoms with Crippen molar-refractivity contribution >= 4 is 5.91 Å². The second kappa shape index (κ2) is 6.28. The van der Waals surface area contributed by atoms with Crippen LogP contribution in [0.3, 0.4) is 0 Å². The van der Waals surface area contributed by atoms with Gasteiger partial charge in [-0.2, -0.15) is 0 Å². The van der Waals surface area contributed by atoms with Gasteiger partial charge in [0.25, 0.3) is 5.91 Å². The van der Waals surface area contributed by atoms with Gasteiger partial charge in [0.05, 0.1) is 12.6 Å². The van der Waals surface area contributed by atoms with Crippen molar-refractivity contribution in [3.05, 3.63) is 35.9 Å². The molecule has 3 heteroatoms. The minimum atomic E-state index is -0.0450. The quantitative estimate of drug-likeness (QED) is 0.826. The molecule has 1 amide bonds. The number of rotatable bonds is 5. The first-order valence-electron chi connectivity index (χ1n) is 5.50. The molecule has 1 N–H and O–H groups in total. The normalized spacial score (nSPS) is 12.5. The predicted molar refractivity (Wildman–Crippen MR) is 64.4 cm³/mol. The van der Waals surface area contributed by atoms with Gasteiger partial charge in [-0.3, -0.25) is 4.79 Å². The van der Waals surface area contributed by atoms with Gasteiger partial charge >= 0.3 is 0 Å². The zero-order valence-corrected chi connectivity index (χ0v) is 10.1. The number of benzene rings is 1. The van der Waals surface area contributed by atoms with Gasteiger partial charge < -0.3 is 10.1 Å². The SMILES string of the molecule is COC[C@H](NC(=O)c1ccccc1)C(C)C. The van der Waals surface area contributed by atoms with E-state index in [0.717, 1.165) is 0 Å². The molecular formula is C13H19NO2. The molecule has 0 radical (unpaired) electrons. The molecule has 0 aliphatic heterocycles. The van der Waals surface area contributed by atoms with Crippen LogP contribution >= 0.6 is 0 Å². The molecule has 1 aromatic rings. The molecule has 0 fully saturated rings. The molecule has 0 aliphatic rings. The van der Waals surface area contributed by atoms with E-state index in [1.54, 1.807) is 19.2 Å². The predicted octanol–water partition coefficient (Wildman–Crippen LogP) is 2.09. The monoisotopic (exact) mass is 221 g/mol. The average molecular weight is 221 g/mol. The highest BCUT2D eigenvalue weighted by Crippen LogP contribution is 2.05. The molecule has 1 aromatic carbocycles. The standard InChI is InChI=1S/C13H19NO2/c1-10(2)12(9-16-3)14-13(15)11-7-5-4-6-8-11/h4-8,10,12H,9H2,1-3H3,(H,14,15)/t12-/m0/s1. The van der Waals surface area contributed by atoms with E-state index in [9.17, 15) is 4.79 Å². The first kappa shape index (κ1) is 12.7. The smallest absolute Gasteiger partial charge is 0.251 e. The number of methoxy groups -OCH3 is 1. The molecule has 0 aromatic heterocycles. The lowest BCUT2D eigenvalue weighted by Crippen LogP contribution is -2.41. The van der Waals surface area contributed by atoms with Gasteiger partial charge in [0, 0.05) is 12.7 Å². The lowest BCUT2D eigenvalue weighted by Gasteiger charge is -2.21. The zero-order valence-electron chi connectivity index (χ0n) is 10.1. The number of amides is 1. The molecule has 0 saturated heterocycles. The van der Waals surface area contributed by atoms with Gasteiger partial charge in [-0.25, -0.2) is 0 Å². The van der Waals surface area contributed by atoms with Gasteiger partial charge in [0.15, 0.2) is 0 Å². The van der Waals surface area contributed by atoms with Crippen LogP contribution in [0.1, 0.15) is 24.2 Å². The highest BCUT2D eigenvalue weighted by atomic mass is 16.5. The Hall–Kier alpha value is -1.35. The summed E-state index contributed by atoms with van der Waals surface area (Å²) in [4.78, 5) is 11.9. The van der Waals surface area contributed by atoms with Crippen LogP contribution < -0.4 is 5.32 Å². The van der Waals surface area contributed by atoms with Crippen LogP contribution in [-0.4, -0.2) is 25.7 Å². The summed E-state index contributed by atoms with van der Waals surface area (Å²) in [5.74, 6) is 0.309. The van der Waals surface area contributed by atoms with E-state index >= 15 is 0 Å². The van der Waals surface area contributed by atoms with Gasteiger partial charge in [0.1, 0.15) is 0 Å². The van der Waals surface area contributed by atoms with E-state index in [2.05, 4.69) is 19.2 Å². The molecule has 0 bridgehead atoms. The van der Waals surface area contributed by atoms with E-state index < -0.39 is 0 Å². The van der Waals surface area contributed by atoms with Crippen molar-refractivity contribution in [2.24, 2.45) is 5.92 Å². The second-order valence-corrected chi connectivity index (χ2v) is 4.15. The van der Waals surface area contributed by atoms with E-state index in [4.69, 9.17) is 4.74 Å². The molecule has 0 saturated carbocycles. The molecule has 0 unspecified atom stereocenters. The summed E-state index contributed by atoms with van der Waals surface area (Å²) in [5.41, 5.74) is 0.684. The Labute approximate surface area is 96.8 Å². The molecule has 1 atom stereocenters. The lowest BCUT2D eigenvalue weighted by molar-refractivity contribution is 0.0866. The van der Waals surface area contributed by atoms with Gasteiger partial charge in [0.2, 0.25) is 0 Å². The third kappa shape index (κ3) is 3.66. The number of carbonyl (C=O) groups excluding carboxylic acids is 1. The minimum absolute atomic E-state index is 0.0450. The van der Waals surface area contributed by atoms with Crippen LogP contribution in [0.2, 0.25) is 0 Å². The van der Waals surface area contributed by atoms with Crippen LogP contribution in [0.25, 0.3) is 0 Å². The Morgan fingerprint density at radius 1 is 1.31 bits per heavy atom. The number of ether oxygens (including phenoxy) is 1. The third-order valence-corrected chi connectivity index (χ3v) is 2.50. The summed E-state index contributed by atoms with van der Waals surface area (Å²) >= 11 is 0. The van der Waals surface area contributed by atoms with E-state index in [-0.39, 0.29) is 11.9 Å². The fourth-order valence-electron chi connectivity index (χ4n) is 1.42. The number of hydrogen-bond donors (Lipinski definition) is 1. The molecule has 1 rings (SSSR count). The van der Waals surface area contributed by atoms with Crippen LogP contribution in [0.15, 0.2) is 30.3 Å². The van der Waals surface area contributed by atoms with Crippen LogP contribution in [0.4, 0.5) is 0 Å². The Morgan fingerprint density at radius 2 is 1.94 bits per heavy atom. The van der Waals surface area contributed by atoms with Gasteiger partial charge in [-0.15, -0.1) is 0 Å². The topological polar surface area (TPSA) is 38.3 Å². The summed E-state index contributed by atoms with van der Waals surface area (Å²) in [7, 11) is 1.64. The summed E-state index contributed by atoms with van der Waals surface area (Å²) in [6.07, 6.45) is 0. The highest BCUT2D eigenvalue weighted by Gasteiger charge is 2.16. The van der Waals surface area contributed by atoms with E-state index in [1.165, 1.54) is 0 Å². The van der Waals surface area contributed by atoms with Crippen LogP contribution in [0.5, 0.6) is 0 Å². The summed E-state index contributed by atoms with van der Waals surface area (Å²) in [6.45, 7) is 4.67. The van der Waals surface area contributed by atoms with Crippen molar-refractivity contribution in [1.29, 1.82) is 0 Å². The molecule has 88 valence electrons. The number of hydrogen-bond acceptors (Lipinski definition) is 2. The van der Waals surface area contributed by atoms with Crippen molar-refractivity contribution in [3.8, 4) is 0 Å². The largest absolute Gasteiger partial charge is 0.383 e. The van der Waals surface area contributed by atoms with E-state index in [1.807, 2.05) is 18.2 Å². The highest BCUT2D eigenvalue weighted by molar-refractivity contribution is 5.94. The minimum Gasteiger partial charge on any atom is -0.383 e. The van der Waals surface area contributed by atoms with Crippen LogP contribution in [0, 0.1) is 5.92 Å². The molecule has 16 heavy (non-hydrogen) atoms. The fraction of sp³-hybridized carbons (Fsp3) is 0.462. The van der Waals surface area contributed by atoms with Gasteiger partial charge in [-0.1, -0.05) is 32.0 Å². The fourth-order valence-corrected chi connectivity index (χ4v) is 1.42. The molecule has 0 spiro atoms. The Balaban J connectivity index is 2.62. The average Bonchev–Trinajstić information content (AvgIpc) is 2.29. The van der Waals surface area contributed by atoms with Crippen molar-refractivity contribution in [3.63, 3.8) is 0 Å². The maximum absolute atomic E-state index is 11.9. The maximum Gasteiger partial charge on any atom is 0.251 e. The molecular weight excluding hydrogens is 202 g/mol. The Morgan fingerprint density at radius 3 is 2.44 bits per heavy atom. The lowest BCUT2D eigenvalue weighted by atomic mass is 10.0. The van der Waals surface area contributed by atoms with Crippen molar-refractivity contribution < 1.29 is 9.53 Å². The molecule has 0 heterocycles. The summed E-state index contributed by atoms with van der Waals surface area (Å²) in [6, 6.07) is 9.27. The number of nitrogens with one attached hydrogen (secondary N) is 1. The van der Waals surface area contributed by atoms with Crippen molar-refractivity contribution in [1.82, 2.24) is 5.32 Å². The Kier molecular flexibility index (Phi) is 4.99. The summed E-state index contributed by atoms with van der Waals surface area (Å²) < 4.78 is 5.09. The second-order valence-electron chi connectivity index (χ2n) is 4.15. The van der Waals surface area contributed by atoms with Crippen molar-refractivity contribution in [2.45, 2.75) is 19.9 Å². The Bertz CT molecular complexity index is 322. The van der Waals surface area contributed by atoms with Crippen molar-refractivity contribution in [2.75, 3.05) is 13.7 Å². The third-order valence-electron chi connectivity index (χ3n) is 2.50. The van der Waals surface area contributed by atoms with Gasteiger partial charge in [-0.05, 0) is 18.1 Å². The zero-order chi connectivity index (χ0) is 12.0. The molecule has 3 nitrogen and oxygen atoms in total. The summed E-state index contributed by atoms with van der Waals surface area (Å²) in [5, 5.41) is 2.97. The molecule has 0 aliphatic carbocycles.